The molecule has 3 heteroatoms. The fourth-order valence-corrected chi connectivity index (χ4v) is 2.09. The molecule has 0 unspecified atom stereocenters. The minimum Gasteiger partial charge on any atom is -0.366 e. The fourth-order valence-electron chi connectivity index (χ4n) is 2.09. The molecule has 0 aromatic heterocycles. The van der Waals surface area contributed by atoms with Crippen LogP contribution in [0.4, 0.5) is 0 Å². The van der Waals surface area contributed by atoms with Crippen molar-refractivity contribution in [3.8, 4) is 11.8 Å². The summed E-state index contributed by atoms with van der Waals surface area (Å²) in [6.07, 6.45) is 2.25. The molecule has 1 heterocycles. The molecule has 2 rings (SSSR count). The largest absolute Gasteiger partial charge is 0.366 e. The minimum atomic E-state index is -0.405. The number of amides is 1. The predicted octanol–water partition coefficient (Wildman–Crippen LogP) is 1.48. The third-order valence-electron chi connectivity index (χ3n) is 3.29. The van der Waals surface area contributed by atoms with Gasteiger partial charge in [-0.05, 0) is 51.2 Å². The number of primary amides is 1. The molecule has 1 saturated heterocycles. The van der Waals surface area contributed by atoms with E-state index in [0.29, 0.717) is 11.5 Å². The maximum absolute atomic E-state index is 11.1. The van der Waals surface area contributed by atoms with E-state index in [4.69, 9.17) is 5.73 Å². The zero-order chi connectivity index (χ0) is 13.0. The highest BCUT2D eigenvalue weighted by molar-refractivity contribution is 5.93. The van der Waals surface area contributed by atoms with Crippen LogP contribution in [0.5, 0.6) is 0 Å². The topological polar surface area (TPSA) is 46.3 Å². The number of piperidine rings is 1. The first-order valence-electron chi connectivity index (χ1n) is 6.25. The zero-order valence-corrected chi connectivity index (χ0v) is 10.6. The van der Waals surface area contributed by atoms with Crippen LogP contribution in [-0.4, -0.2) is 30.9 Å². The lowest BCUT2D eigenvalue weighted by atomic mass is 9.97. The molecule has 3 nitrogen and oxygen atoms in total. The summed E-state index contributed by atoms with van der Waals surface area (Å²) in [6, 6.07) is 7.19. The van der Waals surface area contributed by atoms with E-state index in [2.05, 4.69) is 23.8 Å². The number of carbonyl (C=O) groups excluding carboxylic acids is 1. The Balaban J connectivity index is 2.05. The lowest BCUT2D eigenvalue weighted by molar-refractivity contribution is 0.100. The molecule has 1 aromatic rings. The second-order valence-corrected chi connectivity index (χ2v) is 4.79. The first-order chi connectivity index (χ1) is 8.65. The van der Waals surface area contributed by atoms with E-state index in [0.717, 1.165) is 31.5 Å². The Kier molecular flexibility index (Phi) is 4.01. The van der Waals surface area contributed by atoms with Crippen LogP contribution in [0, 0.1) is 17.8 Å². The third kappa shape index (κ3) is 3.35. The second-order valence-electron chi connectivity index (χ2n) is 4.79. The molecule has 0 radical (unpaired) electrons. The molecule has 0 spiro atoms. The highest BCUT2D eigenvalue weighted by Crippen LogP contribution is 2.15. The van der Waals surface area contributed by atoms with Crippen LogP contribution in [0.2, 0.25) is 0 Å². The van der Waals surface area contributed by atoms with E-state index in [9.17, 15) is 4.79 Å². The van der Waals surface area contributed by atoms with Crippen molar-refractivity contribution in [2.75, 3.05) is 20.1 Å². The van der Waals surface area contributed by atoms with Crippen LogP contribution in [0.1, 0.15) is 28.8 Å². The molecule has 94 valence electrons. The van der Waals surface area contributed by atoms with E-state index >= 15 is 0 Å². The molecular formula is C15H18N2O. The summed E-state index contributed by atoms with van der Waals surface area (Å²) in [5, 5.41) is 0. The van der Waals surface area contributed by atoms with Gasteiger partial charge in [-0.2, -0.15) is 0 Å². The van der Waals surface area contributed by atoms with Crippen LogP contribution < -0.4 is 5.73 Å². The molecule has 1 aliphatic rings. The smallest absolute Gasteiger partial charge is 0.248 e. The minimum absolute atomic E-state index is 0.405. The quantitative estimate of drug-likeness (QED) is 0.758. The van der Waals surface area contributed by atoms with Crippen LogP contribution in [0.3, 0.4) is 0 Å². The van der Waals surface area contributed by atoms with Gasteiger partial charge in [0.15, 0.2) is 0 Å². The Morgan fingerprint density at radius 2 is 2.11 bits per heavy atom. The molecule has 1 amide bonds. The van der Waals surface area contributed by atoms with Crippen molar-refractivity contribution in [2.24, 2.45) is 11.7 Å². The van der Waals surface area contributed by atoms with Gasteiger partial charge in [-0.25, -0.2) is 0 Å². The van der Waals surface area contributed by atoms with Crippen molar-refractivity contribution >= 4 is 5.91 Å². The lowest BCUT2D eigenvalue weighted by Crippen LogP contribution is -2.29. The predicted molar refractivity (Wildman–Crippen MR) is 72.1 cm³/mol. The molecule has 0 saturated carbocycles. The maximum Gasteiger partial charge on any atom is 0.248 e. The van der Waals surface area contributed by atoms with Gasteiger partial charge in [0, 0.05) is 17.0 Å². The van der Waals surface area contributed by atoms with Crippen LogP contribution in [0.15, 0.2) is 24.3 Å². The van der Waals surface area contributed by atoms with Crippen molar-refractivity contribution < 1.29 is 4.79 Å². The maximum atomic E-state index is 11.1. The first-order valence-corrected chi connectivity index (χ1v) is 6.25. The molecule has 18 heavy (non-hydrogen) atoms. The molecule has 0 atom stereocenters. The first kappa shape index (κ1) is 12.7. The van der Waals surface area contributed by atoms with E-state index in [1.165, 1.54) is 0 Å². The third-order valence-corrected chi connectivity index (χ3v) is 3.29. The summed E-state index contributed by atoms with van der Waals surface area (Å²) in [7, 11) is 2.14. The van der Waals surface area contributed by atoms with Gasteiger partial charge in [-0.3, -0.25) is 4.79 Å². The van der Waals surface area contributed by atoms with Gasteiger partial charge in [0.05, 0.1) is 0 Å². The van der Waals surface area contributed by atoms with Crippen molar-refractivity contribution in [3.05, 3.63) is 35.4 Å². The average molecular weight is 242 g/mol. The normalized spacial score (nSPS) is 16.9. The summed E-state index contributed by atoms with van der Waals surface area (Å²) in [6.45, 7) is 2.22. The van der Waals surface area contributed by atoms with E-state index in [1.54, 1.807) is 12.1 Å². The molecular weight excluding hydrogens is 224 g/mol. The molecule has 0 aliphatic carbocycles. The van der Waals surface area contributed by atoms with Gasteiger partial charge in [-0.15, -0.1) is 0 Å². The Morgan fingerprint density at radius 3 is 2.78 bits per heavy atom. The Morgan fingerprint density at radius 1 is 1.39 bits per heavy atom. The van der Waals surface area contributed by atoms with Gasteiger partial charge in [0.1, 0.15) is 0 Å². The van der Waals surface area contributed by atoms with E-state index in [-0.39, 0.29) is 0 Å². The SMILES string of the molecule is CN1CCC(C#Cc2cccc(C(N)=O)c2)CC1. The fraction of sp³-hybridized carbons (Fsp3) is 0.400. The number of nitrogens with two attached hydrogens (primary N) is 1. The molecule has 1 fully saturated rings. The molecule has 2 N–H and O–H groups in total. The summed E-state index contributed by atoms with van der Waals surface area (Å²) < 4.78 is 0. The lowest BCUT2D eigenvalue weighted by Gasteiger charge is -2.25. The van der Waals surface area contributed by atoms with Gasteiger partial charge < -0.3 is 10.6 Å². The van der Waals surface area contributed by atoms with Crippen molar-refractivity contribution in [1.29, 1.82) is 0 Å². The number of nitrogens with zero attached hydrogens (tertiary/aromatic N) is 1. The summed E-state index contributed by atoms with van der Waals surface area (Å²) in [5.41, 5.74) is 6.63. The summed E-state index contributed by atoms with van der Waals surface area (Å²) in [5.74, 6) is 6.51. The second kappa shape index (κ2) is 5.70. The van der Waals surface area contributed by atoms with Gasteiger partial charge in [-0.1, -0.05) is 17.9 Å². The Bertz CT molecular complexity index is 491. The number of rotatable bonds is 1. The highest BCUT2D eigenvalue weighted by Gasteiger charge is 2.13. The van der Waals surface area contributed by atoms with Crippen LogP contribution in [0.25, 0.3) is 0 Å². The standard InChI is InChI=1S/C15H18N2O/c1-17-9-7-12(8-10-17)5-6-13-3-2-4-14(11-13)15(16)18/h2-4,11-12H,7-10H2,1H3,(H2,16,18). The van der Waals surface area contributed by atoms with Crippen molar-refractivity contribution in [3.63, 3.8) is 0 Å². The number of carbonyl (C=O) groups is 1. The Hall–Kier alpha value is -1.79. The zero-order valence-electron chi connectivity index (χ0n) is 10.6. The molecule has 1 aromatic carbocycles. The van der Waals surface area contributed by atoms with Crippen LogP contribution in [-0.2, 0) is 0 Å². The number of hydrogen-bond acceptors (Lipinski definition) is 2. The van der Waals surface area contributed by atoms with E-state index in [1.807, 2.05) is 12.1 Å². The van der Waals surface area contributed by atoms with Gasteiger partial charge >= 0.3 is 0 Å². The number of benzene rings is 1. The summed E-state index contributed by atoms with van der Waals surface area (Å²) >= 11 is 0. The van der Waals surface area contributed by atoms with Crippen molar-refractivity contribution in [2.45, 2.75) is 12.8 Å². The van der Waals surface area contributed by atoms with Crippen LogP contribution >= 0.6 is 0 Å². The van der Waals surface area contributed by atoms with Gasteiger partial charge in [0.25, 0.3) is 0 Å². The highest BCUT2D eigenvalue weighted by atomic mass is 16.1. The monoisotopic (exact) mass is 242 g/mol. The molecule has 0 bridgehead atoms. The average Bonchev–Trinajstić information content (AvgIpc) is 2.38. The van der Waals surface area contributed by atoms with Crippen molar-refractivity contribution in [1.82, 2.24) is 4.90 Å². The number of hydrogen-bond donors (Lipinski definition) is 1. The summed E-state index contributed by atoms with van der Waals surface area (Å²) in [4.78, 5) is 13.4. The van der Waals surface area contributed by atoms with E-state index < -0.39 is 5.91 Å². The van der Waals surface area contributed by atoms with Gasteiger partial charge in [0.2, 0.25) is 5.91 Å². The number of likely N-dealkylation sites (tertiary alicyclic amines) is 1. The Labute approximate surface area is 108 Å². The molecule has 1 aliphatic heterocycles.